The second-order valence-corrected chi connectivity index (χ2v) is 6.57. The summed E-state index contributed by atoms with van der Waals surface area (Å²) in [5.74, 6) is 2.45. The van der Waals surface area contributed by atoms with Crippen molar-refractivity contribution in [3.8, 4) is 0 Å². The average Bonchev–Trinajstić information content (AvgIpc) is 2.99. The molecule has 1 heterocycles. The van der Waals surface area contributed by atoms with Crippen LogP contribution in [0.3, 0.4) is 0 Å². The van der Waals surface area contributed by atoms with Crippen molar-refractivity contribution in [1.82, 2.24) is 20.8 Å². The molecule has 1 aromatic heterocycles. The van der Waals surface area contributed by atoms with Crippen molar-refractivity contribution in [3.63, 3.8) is 0 Å². The van der Waals surface area contributed by atoms with Gasteiger partial charge in [0.05, 0.1) is 6.54 Å². The van der Waals surface area contributed by atoms with Gasteiger partial charge in [-0.25, -0.2) is 0 Å². The minimum atomic E-state index is 0.461. The molecule has 0 bridgehead atoms. The van der Waals surface area contributed by atoms with Crippen LogP contribution in [-0.4, -0.2) is 29.7 Å². The maximum absolute atomic E-state index is 5.09. The van der Waals surface area contributed by atoms with Gasteiger partial charge in [-0.1, -0.05) is 46.6 Å². The highest BCUT2D eigenvalue weighted by Crippen LogP contribution is 2.16. The van der Waals surface area contributed by atoms with E-state index in [1.54, 1.807) is 14.0 Å². The number of nitrogens with one attached hydrogen (secondary N) is 2. The third-order valence-electron chi connectivity index (χ3n) is 3.75. The fraction of sp³-hybridized carbons (Fsp3) is 0.471. The van der Waals surface area contributed by atoms with Crippen LogP contribution in [0, 0.1) is 12.8 Å². The van der Waals surface area contributed by atoms with Crippen LogP contribution in [0.25, 0.3) is 0 Å². The van der Waals surface area contributed by atoms with Gasteiger partial charge in [0.1, 0.15) is 0 Å². The maximum atomic E-state index is 5.09. The lowest BCUT2D eigenvalue weighted by atomic mass is 9.97. The van der Waals surface area contributed by atoms with Gasteiger partial charge in [-0.15, -0.1) is 0 Å². The van der Waals surface area contributed by atoms with E-state index in [1.807, 2.05) is 6.07 Å². The maximum Gasteiger partial charge on any atom is 0.246 e. The number of halogens is 1. The van der Waals surface area contributed by atoms with Crippen LogP contribution < -0.4 is 10.6 Å². The summed E-state index contributed by atoms with van der Waals surface area (Å²) in [6, 6.07) is 8.46. The minimum absolute atomic E-state index is 0.461. The number of guanidine groups is 1. The first-order valence-corrected chi connectivity index (χ1v) is 8.88. The van der Waals surface area contributed by atoms with E-state index in [4.69, 9.17) is 4.52 Å². The van der Waals surface area contributed by atoms with Crippen molar-refractivity contribution in [3.05, 3.63) is 46.0 Å². The molecule has 0 amide bonds. The van der Waals surface area contributed by atoms with Gasteiger partial charge >= 0.3 is 0 Å². The monoisotopic (exact) mass is 393 g/mol. The van der Waals surface area contributed by atoms with E-state index in [9.17, 15) is 0 Å². The molecule has 6 nitrogen and oxygen atoms in total. The highest BCUT2D eigenvalue weighted by molar-refractivity contribution is 9.10. The SMILES string of the molecule is CCC(CNC(=NC)NCc1nc(C)no1)Cc1cccc(Br)c1. The Morgan fingerprint density at radius 2 is 2.21 bits per heavy atom. The molecule has 1 atom stereocenters. The van der Waals surface area contributed by atoms with E-state index in [2.05, 4.69) is 66.8 Å². The number of hydrogen-bond donors (Lipinski definition) is 2. The third-order valence-corrected chi connectivity index (χ3v) is 4.24. The zero-order chi connectivity index (χ0) is 17.4. The van der Waals surface area contributed by atoms with Crippen molar-refractivity contribution in [2.45, 2.75) is 33.2 Å². The molecule has 0 aliphatic rings. The van der Waals surface area contributed by atoms with Gasteiger partial charge in [0.15, 0.2) is 11.8 Å². The van der Waals surface area contributed by atoms with Crippen LogP contribution in [0.4, 0.5) is 0 Å². The Kier molecular flexibility index (Phi) is 7.24. The third kappa shape index (κ3) is 5.96. The fourth-order valence-electron chi connectivity index (χ4n) is 2.39. The van der Waals surface area contributed by atoms with Crippen molar-refractivity contribution < 1.29 is 4.52 Å². The first kappa shape index (κ1) is 18.4. The summed E-state index contributed by atoms with van der Waals surface area (Å²) in [5, 5.41) is 10.3. The molecule has 1 unspecified atom stereocenters. The molecule has 24 heavy (non-hydrogen) atoms. The van der Waals surface area contributed by atoms with E-state index in [0.29, 0.717) is 24.2 Å². The Hall–Kier alpha value is -1.89. The second-order valence-electron chi connectivity index (χ2n) is 5.65. The van der Waals surface area contributed by atoms with Crippen molar-refractivity contribution in [1.29, 1.82) is 0 Å². The highest BCUT2D eigenvalue weighted by Gasteiger charge is 2.10. The standard InChI is InChI=1S/C17H24BrN5O/c1-4-13(8-14-6-5-7-15(18)9-14)10-20-17(19-3)21-11-16-22-12(2)23-24-16/h5-7,9,13H,4,8,10-11H2,1-3H3,(H2,19,20,21). The van der Waals surface area contributed by atoms with Gasteiger partial charge < -0.3 is 15.2 Å². The first-order valence-electron chi connectivity index (χ1n) is 8.08. The number of aromatic nitrogens is 2. The van der Waals surface area contributed by atoms with E-state index in [0.717, 1.165) is 29.8 Å². The van der Waals surface area contributed by atoms with Gasteiger partial charge in [0, 0.05) is 18.1 Å². The normalized spacial score (nSPS) is 12.9. The lowest BCUT2D eigenvalue weighted by Gasteiger charge is -2.18. The molecular weight excluding hydrogens is 370 g/mol. The van der Waals surface area contributed by atoms with Crippen molar-refractivity contribution in [2.75, 3.05) is 13.6 Å². The van der Waals surface area contributed by atoms with E-state index in [-0.39, 0.29) is 0 Å². The van der Waals surface area contributed by atoms with Gasteiger partial charge in [-0.3, -0.25) is 4.99 Å². The van der Waals surface area contributed by atoms with E-state index >= 15 is 0 Å². The summed E-state index contributed by atoms with van der Waals surface area (Å²) in [5.41, 5.74) is 1.34. The van der Waals surface area contributed by atoms with Gasteiger partial charge in [-0.2, -0.15) is 4.98 Å². The summed E-state index contributed by atoms with van der Waals surface area (Å²) in [6.07, 6.45) is 2.13. The molecule has 130 valence electrons. The van der Waals surface area contributed by atoms with E-state index < -0.39 is 0 Å². The molecule has 2 rings (SSSR count). The van der Waals surface area contributed by atoms with Gasteiger partial charge in [0.25, 0.3) is 0 Å². The van der Waals surface area contributed by atoms with Crippen LogP contribution >= 0.6 is 15.9 Å². The molecule has 0 saturated carbocycles. The average molecular weight is 394 g/mol. The Balaban J connectivity index is 1.81. The summed E-state index contributed by atoms with van der Waals surface area (Å²) in [4.78, 5) is 8.40. The topological polar surface area (TPSA) is 75.3 Å². The quantitative estimate of drug-likeness (QED) is 0.558. The predicted molar refractivity (Wildman–Crippen MR) is 98.9 cm³/mol. The van der Waals surface area contributed by atoms with Crippen molar-refractivity contribution >= 4 is 21.9 Å². The molecule has 7 heteroatoms. The molecule has 0 fully saturated rings. The van der Waals surface area contributed by atoms with E-state index in [1.165, 1.54) is 5.56 Å². The zero-order valence-electron chi connectivity index (χ0n) is 14.3. The van der Waals surface area contributed by atoms with Gasteiger partial charge in [-0.05, 0) is 37.0 Å². The lowest BCUT2D eigenvalue weighted by molar-refractivity contribution is 0.371. The second kappa shape index (κ2) is 9.42. The number of aryl methyl sites for hydroxylation is 1. The predicted octanol–water partition coefficient (Wildman–Crippen LogP) is 3.07. The Morgan fingerprint density at radius 3 is 2.83 bits per heavy atom. The summed E-state index contributed by atoms with van der Waals surface area (Å²) >= 11 is 3.53. The van der Waals surface area contributed by atoms with Crippen LogP contribution in [0.5, 0.6) is 0 Å². The number of nitrogens with zero attached hydrogens (tertiary/aromatic N) is 3. The molecule has 0 aliphatic carbocycles. The van der Waals surface area contributed by atoms with Gasteiger partial charge in [0.2, 0.25) is 5.89 Å². The Bertz CT molecular complexity index is 671. The molecule has 2 N–H and O–H groups in total. The smallest absolute Gasteiger partial charge is 0.246 e. The summed E-state index contributed by atoms with van der Waals surface area (Å²) < 4.78 is 6.21. The lowest BCUT2D eigenvalue weighted by Crippen LogP contribution is -2.39. The molecule has 0 radical (unpaired) electrons. The molecule has 0 spiro atoms. The molecule has 0 saturated heterocycles. The molecule has 2 aromatic rings. The van der Waals surface area contributed by atoms with Crippen LogP contribution in [0.1, 0.15) is 30.6 Å². The highest BCUT2D eigenvalue weighted by atomic mass is 79.9. The Labute approximate surface area is 151 Å². The van der Waals surface area contributed by atoms with Crippen LogP contribution in [-0.2, 0) is 13.0 Å². The number of aliphatic imine (C=N–C) groups is 1. The largest absolute Gasteiger partial charge is 0.356 e. The molecule has 1 aromatic carbocycles. The minimum Gasteiger partial charge on any atom is -0.356 e. The first-order chi connectivity index (χ1) is 11.6. The summed E-state index contributed by atoms with van der Waals surface area (Å²) in [7, 11) is 1.75. The fourth-order valence-corrected chi connectivity index (χ4v) is 2.84. The van der Waals surface area contributed by atoms with Crippen molar-refractivity contribution in [2.24, 2.45) is 10.9 Å². The summed E-state index contributed by atoms with van der Waals surface area (Å²) in [6.45, 7) is 5.32. The number of benzene rings is 1. The van der Waals surface area contributed by atoms with Crippen LogP contribution in [0.2, 0.25) is 0 Å². The number of hydrogen-bond acceptors (Lipinski definition) is 4. The number of rotatable bonds is 7. The molecular formula is C17H24BrN5O. The molecule has 0 aliphatic heterocycles. The zero-order valence-corrected chi connectivity index (χ0v) is 15.9. The Morgan fingerprint density at radius 1 is 1.38 bits per heavy atom. The van der Waals surface area contributed by atoms with Crippen LogP contribution in [0.15, 0.2) is 38.3 Å².